The SMILES string of the molecule is C1=Cc2c(c3cc4c5ccccc5n(-c5nc(-c6ccccc6)cc(-c6ccccc6)n5)c4cc3n2-c2ccccc2)CC1. The molecule has 0 bridgehead atoms. The van der Waals surface area contributed by atoms with Crippen molar-refractivity contribution in [1.82, 2.24) is 19.1 Å². The number of benzene rings is 5. The van der Waals surface area contributed by atoms with Crippen LogP contribution in [-0.4, -0.2) is 19.1 Å². The van der Waals surface area contributed by atoms with Crippen LogP contribution in [0.2, 0.25) is 0 Å². The zero-order valence-corrected chi connectivity index (χ0v) is 24.1. The zero-order valence-electron chi connectivity index (χ0n) is 24.1. The lowest BCUT2D eigenvalue weighted by atomic mass is 10.00. The molecule has 0 radical (unpaired) electrons. The van der Waals surface area contributed by atoms with Crippen molar-refractivity contribution >= 4 is 38.8 Å². The highest BCUT2D eigenvalue weighted by Crippen LogP contribution is 2.40. The van der Waals surface area contributed by atoms with Gasteiger partial charge in [0.05, 0.1) is 27.9 Å². The van der Waals surface area contributed by atoms with Crippen LogP contribution in [0.15, 0.2) is 140 Å². The van der Waals surface area contributed by atoms with Gasteiger partial charge in [0, 0.05) is 38.7 Å². The Morgan fingerprint density at radius 2 is 1.11 bits per heavy atom. The first-order chi connectivity index (χ1) is 21.8. The molecule has 4 heteroatoms. The summed E-state index contributed by atoms with van der Waals surface area (Å²) < 4.78 is 4.67. The van der Waals surface area contributed by atoms with Gasteiger partial charge in [0.2, 0.25) is 5.95 Å². The highest BCUT2D eigenvalue weighted by molar-refractivity contribution is 6.14. The zero-order chi connectivity index (χ0) is 29.0. The number of allylic oxidation sites excluding steroid dienone is 1. The van der Waals surface area contributed by atoms with E-state index in [2.05, 4.69) is 143 Å². The third-order valence-electron chi connectivity index (χ3n) is 8.81. The number of hydrogen-bond donors (Lipinski definition) is 0. The van der Waals surface area contributed by atoms with Crippen LogP contribution in [0.3, 0.4) is 0 Å². The average molecular weight is 565 g/mol. The first-order valence-corrected chi connectivity index (χ1v) is 15.2. The molecule has 5 aromatic carbocycles. The molecule has 44 heavy (non-hydrogen) atoms. The van der Waals surface area contributed by atoms with Crippen LogP contribution >= 0.6 is 0 Å². The molecule has 0 saturated heterocycles. The van der Waals surface area contributed by atoms with Gasteiger partial charge in [-0.05, 0) is 60.9 Å². The second-order valence-electron chi connectivity index (χ2n) is 11.4. The normalized spacial score (nSPS) is 12.7. The second kappa shape index (κ2) is 9.92. The van der Waals surface area contributed by atoms with E-state index in [4.69, 9.17) is 9.97 Å². The van der Waals surface area contributed by atoms with E-state index >= 15 is 0 Å². The van der Waals surface area contributed by atoms with E-state index in [0.29, 0.717) is 5.95 Å². The minimum atomic E-state index is 0.665. The molecule has 0 aliphatic heterocycles. The fourth-order valence-corrected chi connectivity index (χ4v) is 6.81. The van der Waals surface area contributed by atoms with E-state index in [1.807, 2.05) is 12.1 Å². The highest BCUT2D eigenvalue weighted by Gasteiger charge is 2.23. The minimum Gasteiger partial charge on any atom is -0.310 e. The summed E-state index contributed by atoms with van der Waals surface area (Å²) in [6.45, 7) is 0. The highest BCUT2D eigenvalue weighted by atomic mass is 15.2. The van der Waals surface area contributed by atoms with Crippen molar-refractivity contribution in [1.29, 1.82) is 0 Å². The van der Waals surface area contributed by atoms with Crippen molar-refractivity contribution in [2.45, 2.75) is 12.8 Å². The van der Waals surface area contributed by atoms with E-state index in [1.165, 1.54) is 38.6 Å². The summed E-state index contributed by atoms with van der Waals surface area (Å²) in [5.41, 5.74) is 11.2. The summed E-state index contributed by atoms with van der Waals surface area (Å²) >= 11 is 0. The quantitative estimate of drug-likeness (QED) is 0.213. The van der Waals surface area contributed by atoms with Crippen molar-refractivity contribution in [3.8, 4) is 34.2 Å². The number of aromatic nitrogens is 4. The Morgan fingerprint density at radius 1 is 0.500 bits per heavy atom. The lowest BCUT2D eigenvalue weighted by Crippen LogP contribution is -2.04. The minimum absolute atomic E-state index is 0.665. The molecule has 0 spiro atoms. The van der Waals surface area contributed by atoms with Crippen LogP contribution in [0, 0.1) is 0 Å². The maximum Gasteiger partial charge on any atom is 0.235 e. The summed E-state index contributed by atoms with van der Waals surface area (Å²) in [4.78, 5) is 10.5. The first kappa shape index (κ1) is 24.8. The second-order valence-corrected chi connectivity index (χ2v) is 11.4. The maximum absolute atomic E-state index is 5.23. The van der Waals surface area contributed by atoms with Gasteiger partial charge >= 0.3 is 0 Å². The Hall–Kier alpha value is -5.74. The molecule has 0 fully saturated rings. The van der Waals surface area contributed by atoms with Gasteiger partial charge in [0.1, 0.15) is 0 Å². The molecular formula is C40H28N4. The number of hydrogen-bond acceptors (Lipinski definition) is 2. The van der Waals surface area contributed by atoms with Crippen LogP contribution in [0.25, 0.3) is 72.9 Å². The number of rotatable bonds is 4. The van der Waals surface area contributed by atoms with E-state index in [-0.39, 0.29) is 0 Å². The summed E-state index contributed by atoms with van der Waals surface area (Å²) in [6.07, 6.45) is 6.68. The molecule has 1 aliphatic rings. The molecule has 4 nitrogen and oxygen atoms in total. The number of aryl methyl sites for hydroxylation is 1. The van der Waals surface area contributed by atoms with E-state index in [0.717, 1.165) is 46.4 Å². The Bertz CT molecular complexity index is 2300. The van der Waals surface area contributed by atoms with Crippen LogP contribution in [0.4, 0.5) is 0 Å². The van der Waals surface area contributed by atoms with Gasteiger partial charge in [-0.25, -0.2) is 9.97 Å². The Morgan fingerprint density at radius 3 is 1.82 bits per heavy atom. The number of nitrogens with zero attached hydrogens (tertiary/aromatic N) is 4. The molecule has 9 rings (SSSR count). The molecule has 1 aliphatic carbocycles. The van der Waals surface area contributed by atoms with Crippen LogP contribution < -0.4 is 0 Å². The van der Waals surface area contributed by atoms with Crippen molar-refractivity contribution in [3.05, 3.63) is 151 Å². The average Bonchev–Trinajstić information content (AvgIpc) is 3.60. The van der Waals surface area contributed by atoms with Gasteiger partial charge in [-0.15, -0.1) is 0 Å². The number of para-hydroxylation sites is 2. The molecule has 3 heterocycles. The Balaban J connectivity index is 1.39. The molecule has 208 valence electrons. The van der Waals surface area contributed by atoms with Gasteiger partial charge in [-0.1, -0.05) is 103 Å². The van der Waals surface area contributed by atoms with Crippen molar-refractivity contribution in [3.63, 3.8) is 0 Å². The molecule has 8 aromatic rings. The summed E-state index contributed by atoms with van der Waals surface area (Å²) in [7, 11) is 0. The van der Waals surface area contributed by atoms with Crippen LogP contribution in [0.5, 0.6) is 0 Å². The summed E-state index contributed by atoms with van der Waals surface area (Å²) in [6, 6.07) is 47.0. The number of fused-ring (bicyclic) bond motifs is 6. The van der Waals surface area contributed by atoms with Crippen LogP contribution in [-0.2, 0) is 6.42 Å². The lowest BCUT2D eigenvalue weighted by Gasteiger charge is -2.13. The topological polar surface area (TPSA) is 35.6 Å². The van der Waals surface area contributed by atoms with Gasteiger partial charge in [-0.2, -0.15) is 0 Å². The Kier molecular flexibility index (Phi) is 5.60. The van der Waals surface area contributed by atoms with E-state index < -0.39 is 0 Å². The third kappa shape index (κ3) is 3.85. The van der Waals surface area contributed by atoms with Gasteiger partial charge in [0.25, 0.3) is 0 Å². The predicted octanol–water partition coefficient (Wildman–Crippen LogP) is 9.81. The molecular weight excluding hydrogens is 536 g/mol. The summed E-state index contributed by atoms with van der Waals surface area (Å²) in [5, 5.41) is 3.73. The smallest absolute Gasteiger partial charge is 0.235 e. The van der Waals surface area contributed by atoms with E-state index in [1.54, 1.807) is 0 Å². The first-order valence-electron chi connectivity index (χ1n) is 15.2. The molecule has 0 atom stereocenters. The van der Waals surface area contributed by atoms with Gasteiger partial charge in [-0.3, -0.25) is 4.57 Å². The fourth-order valence-electron chi connectivity index (χ4n) is 6.81. The van der Waals surface area contributed by atoms with Gasteiger partial charge in [0.15, 0.2) is 0 Å². The molecule has 0 saturated carbocycles. The molecule has 0 N–H and O–H groups in total. The molecule has 0 amide bonds. The molecule has 3 aromatic heterocycles. The maximum atomic E-state index is 5.23. The summed E-state index contributed by atoms with van der Waals surface area (Å²) in [5.74, 6) is 0.665. The van der Waals surface area contributed by atoms with Crippen molar-refractivity contribution in [2.75, 3.05) is 0 Å². The van der Waals surface area contributed by atoms with E-state index in [9.17, 15) is 0 Å². The fraction of sp³-hybridized carbons (Fsp3) is 0.0500. The molecule has 0 unspecified atom stereocenters. The lowest BCUT2D eigenvalue weighted by molar-refractivity contribution is 0.967. The third-order valence-corrected chi connectivity index (χ3v) is 8.81. The van der Waals surface area contributed by atoms with Crippen molar-refractivity contribution in [2.24, 2.45) is 0 Å². The monoisotopic (exact) mass is 564 g/mol. The van der Waals surface area contributed by atoms with Crippen LogP contribution in [0.1, 0.15) is 17.7 Å². The Labute approximate surface area is 255 Å². The standard InChI is InChI=1S/C40H28N4/c1-4-14-27(15-5-1)34-25-35(28-16-6-2-7-17-28)42-40(41-34)44-37-23-13-11-21-31(37)33-24-32-30-20-10-12-22-36(30)43(38(32)26-39(33)44)29-18-8-3-9-19-29/h1-9,11-19,21-26H,10,20H2. The predicted molar refractivity (Wildman–Crippen MR) is 181 cm³/mol. The van der Waals surface area contributed by atoms with Crippen molar-refractivity contribution < 1.29 is 0 Å². The largest absolute Gasteiger partial charge is 0.310 e. The van der Waals surface area contributed by atoms with Gasteiger partial charge < -0.3 is 4.57 Å².